The summed E-state index contributed by atoms with van der Waals surface area (Å²) < 4.78 is 10.8. The molecule has 152 valence electrons. The van der Waals surface area contributed by atoms with Gasteiger partial charge in [0.2, 0.25) is 0 Å². The second kappa shape index (κ2) is 9.75. The molecule has 1 saturated heterocycles. The topological polar surface area (TPSA) is 41.9 Å². The Balaban J connectivity index is 2.00. The van der Waals surface area contributed by atoms with Crippen LogP contribution in [0.25, 0.3) is 0 Å². The molecule has 2 aromatic rings. The van der Waals surface area contributed by atoms with Gasteiger partial charge in [-0.05, 0) is 41.8 Å². The number of nitrogens with zero attached hydrogens (tertiary/aromatic N) is 1. The van der Waals surface area contributed by atoms with Crippen LogP contribution in [0.2, 0.25) is 5.02 Å². The summed E-state index contributed by atoms with van der Waals surface area (Å²) in [4.78, 5) is 2.38. The Morgan fingerprint density at radius 3 is 2.32 bits per heavy atom. The minimum absolute atomic E-state index is 0.0730. The molecule has 1 fully saturated rings. The number of aliphatic hydroxyl groups is 1. The van der Waals surface area contributed by atoms with E-state index in [1.54, 1.807) is 7.11 Å². The fourth-order valence-corrected chi connectivity index (χ4v) is 4.18. The largest absolute Gasteiger partial charge is 0.497 e. The number of halogens is 1. The monoisotopic (exact) mass is 403 g/mol. The molecule has 28 heavy (non-hydrogen) atoms. The van der Waals surface area contributed by atoms with Gasteiger partial charge in [0.05, 0.1) is 25.9 Å². The SMILES string of the molecule is CCC[C@](O)(c1ccc(OC)cc1)[C@H](CN1CCOCC1)c1ccc(Cl)cc1. The molecule has 2 atom stereocenters. The van der Waals surface area contributed by atoms with E-state index in [9.17, 15) is 5.11 Å². The van der Waals surface area contributed by atoms with E-state index >= 15 is 0 Å². The number of rotatable bonds is 8. The van der Waals surface area contributed by atoms with Gasteiger partial charge in [0.1, 0.15) is 5.75 Å². The van der Waals surface area contributed by atoms with Crippen LogP contribution in [-0.4, -0.2) is 50.0 Å². The van der Waals surface area contributed by atoms with Crippen molar-refractivity contribution in [2.24, 2.45) is 0 Å². The Morgan fingerprint density at radius 1 is 1.11 bits per heavy atom. The Labute approximate surface area is 173 Å². The molecular weight excluding hydrogens is 374 g/mol. The van der Waals surface area contributed by atoms with Gasteiger partial charge in [-0.3, -0.25) is 4.90 Å². The number of benzene rings is 2. The molecule has 1 N–H and O–H groups in total. The van der Waals surface area contributed by atoms with Crippen LogP contribution in [0.3, 0.4) is 0 Å². The molecule has 0 radical (unpaired) electrons. The Bertz CT molecular complexity index is 729. The van der Waals surface area contributed by atoms with Crippen LogP contribution in [0.4, 0.5) is 0 Å². The molecule has 0 unspecified atom stereocenters. The standard InChI is InChI=1S/C23H30ClNO3/c1-3-12-23(26,19-6-10-21(27-2)11-7-19)22(17-25-13-15-28-16-14-25)18-4-8-20(24)9-5-18/h4-11,22,26H,3,12-17H2,1-2H3/t22-,23+/m1/s1. The van der Waals surface area contributed by atoms with Gasteiger partial charge in [-0.25, -0.2) is 0 Å². The third-order valence-corrected chi connectivity index (χ3v) is 5.87. The molecule has 0 amide bonds. The van der Waals surface area contributed by atoms with E-state index in [2.05, 4.69) is 11.8 Å². The van der Waals surface area contributed by atoms with Gasteiger partial charge in [-0.2, -0.15) is 0 Å². The smallest absolute Gasteiger partial charge is 0.118 e. The first-order valence-electron chi connectivity index (χ1n) is 9.99. The maximum Gasteiger partial charge on any atom is 0.118 e. The van der Waals surface area contributed by atoms with Crippen molar-refractivity contribution in [1.29, 1.82) is 0 Å². The van der Waals surface area contributed by atoms with Gasteiger partial charge in [-0.15, -0.1) is 0 Å². The summed E-state index contributed by atoms with van der Waals surface area (Å²) >= 11 is 6.13. The molecule has 1 aliphatic heterocycles. The van der Waals surface area contributed by atoms with Crippen molar-refractivity contribution in [3.8, 4) is 5.75 Å². The van der Waals surface area contributed by atoms with E-state index in [4.69, 9.17) is 21.1 Å². The summed E-state index contributed by atoms with van der Waals surface area (Å²) in [5, 5.41) is 12.7. The predicted molar refractivity (Wildman–Crippen MR) is 113 cm³/mol. The third kappa shape index (κ3) is 4.87. The van der Waals surface area contributed by atoms with Crippen LogP contribution in [0.1, 0.15) is 36.8 Å². The summed E-state index contributed by atoms with van der Waals surface area (Å²) in [5.41, 5.74) is 1.04. The molecule has 0 spiro atoms. The Kier molecular flexibility index (Phi) is 7.36. The van der Waals surface area contributed by atoms with Crippen molar-refractivity contribution in [3.63, 3.8) is 0 Å². The summed E-state index contributed by atoms with van der Waals surface area (Å²) in [7, 11) is 1.65. The first kappa shape index (κ1) is 21.1. The van der Waals surface area contributed by atoms with Crippen LogP contribution in [0.15, 0.2) is 48.5 Å². The zero-order chi connectivity index (χ0) is 20.0. The van der Waals surface area contributed by atoms with Gasteiger partial charge < -0.3 is 14.6 Å². The average Bonchev–Trinajstić information content (AvgIpc) is 2.74. The number of morpholine rings is 1. The first-order valence-corrected chi connectivity index (χ1v) is 10.4. The fraction of sp³-hybridized carbons (Fsp3) is 0.478. The lowest BCUT2D eigenvalue weighted by molar-refractivity contribution is -0.0285. The van der Waals surface area contributed by atoms with E-state index in [1.807, 2.05) is 48.5 Å². The van der Waals surface area contributed by atoms with Crippen LogP contribution < -0.4 is 4.74 Å². The highest BCUT2D eigenvalue weighted by Gasteiger charge is 2.39. The average molecular weight is 404 g/mol. The zero-order valence-corrected chi connectivity index (χ0v) is 17.5. The quantitative estimate of drug-likeness (QED) is 0.706. The lowest BCUT2D eigenvalue weighted by Gasteiger charge is -2.41. The van der Waals surface area contributed by atoms with Crippen molar-refractivity contribution >= 4 is 11.6 Å². The number of methoxy groups -OCH3 is 1. The lowest BCUT2D eigenvalue weighted by Crippen LogP contribution is -2.45. The molecule has 1 heterocycles. The van der Waals surface area contributed by atoms with E-state index < -0.39 is 5.60 Å². The molecule has 0 bridgehead atoms. The van der Waals surface area contributed by atoms with Gasteiger partial charge in [0.15, 0.2) is 0 Å². The highest BCUT2D eigenvalue weighted by molar-refractivity contribution is 6.30. The van der Waals surface area contributed by atoms with Crippen molar-refractivity contribution in [1.82, 2.24) is 4.90 Å². The van der Waals surface area contributed by atoms with Crippen molar-refractivity contribution in [2.75, 3.05) is 40.0 Å². The van der Waals surface area contributed by atoms with E-state index in [-0.39, 0.29) is 5.92 Å². The minimum Gasteiger partial charge on any atom is -0.497 e. The van der Waals surface area contributed by atoms with Crippen LogP contribution in [-0.2, 0) is 10.3 Å². The van der Waals surface area contributed by atoms with Crippen LogP contribution in [0, 0.1) is 0 Å². The summed E-state index contributed by atoms with van der Waals surface area (Å²) in [6.07, 6.45) is 1.56. The number of ether oxygens (including phenoxy) is 2. The van der Waals surface area contributed by atoms with Gasteiger partial charge in [0.25, 0.3) is 0 Å². The van der Waals surface area contributed by atoms with Crippen LogP contribution in [0.5, 0.6) is 5.75 Å². The highest BCUT2D eigenvalue weighted by Crippen LogP contribution is 2.42. The van der Waals surface area contributed by atoms with Crippen molar-refractivity contribution in [2.45, 2.75) is 31.3 Å². The first-order chi connectivity index (χ1) is 13.6. The molecule has 3 rings (SSSR count). The van der Waals surface area contributed by atoms with Gasteiger partial charge in [-0.1, -0.05) is 49.2 Å². The lowest BCUT2D eigenvalue weighted by atomic mass is 9.74. The second-order valence-corrected chi connectivity index (χ2v) is 7.86. The number of hydrogen-bond donors (Lipinski definition) is 1. The van der Waals surface area contributed by atoms with E-state index in [1.165, 1.54) is 0 Å². The molecule has 0 saturated carbocycles. The van der Waals surface area contributed by atoms with Crippen molar-refractivity contribution in [3.05, 3.63) is 64.7 Å². The summed E-state index contributed by atoms with van der Waals surface area (Å²) in [6.45, 7) is 6.13. The van der Waals surface area contributed by atoms with Crippen LogP contribution >= 0.6 is 11.6 Å². The second-order valence-electron chi connectivity index (χ2n) is 7.42. The molecule has 1 aliphatic rings. The summed E-state index contributed by atoms with van der Waals surface area (Å²) in [5.74, 6) is 0.718. The zero-order valence-electron chi connectivity index (χ0n) is 16.7. The normalized spacial score (nSPS) is 18.4. The molecule has 2 aromatic carbocycles. The van der Waals surface area contributed by atoms with E-state index in [0.29, 0.717) is 11.4 Å². The summed E-state index contributed by atoms with van der Waals surface area (Å²) in [6, 6.07) is 15.7. The predicted octanol–water partition coefficient (Wildman–Crippen LogP) is 4.45. The van der Waals surface area contributed by atoms with E-state index in [0.717, 1.165) is 56.1 Å². The van der Waals surface area contributed by atoms with Crippen molar-refractivity contribution < 1.29 is 14.6 Å². The van der Waals surface area contributed by atoms with Gasteiger partial charge in [0, 0.05) is 30.6 Å². The Hall–Kier alpha value is -1.59. The third-order valence-electron chi connectivity index (χ3n) is 5.61. The molecule has 0 aliphatic carbocycles. The Morgan fingerprint density at radius 2 is 1.75 bits per heavy atom. The molecule has 0 aromatic heterocycles. The molecule has 4 nitrogen and oxygen atoms in total. The maximum atomic E-state index is 12.0. The number of hydrogen-bond acceptors (Lipinski definition) is 4. The fourth-order valence-electron chi connectivity index (χ4n) is 4.05. The molecule has 5 heteroatoms. The highest BCUT2D eigenvalue weighted by atomic mass is 35.5. The maximum absolute atomic E-state index is 12.0. The molecular formula is C23H30ClNO3. The van der Waals surface area contributed by atoms with Gasteiger partial charge >= 0.3 is 0 Å². The minimum atomic E-state index is -0.979.